The van der Waals surface area contributed by atoms with Gasteiger partial charge in [0.15, 0.2) is 0 Å². The Kier molecular flexibility index (Phi) is 3.94. The summed E-state index contributed by atoms with van der Waals surface area (Å²) in [5.74, 6) is -0.158. The molecule has 0 saturated carbocycles. The van der Waals surface area contributed by atoms with Crippen molar-refractivity contribution >= 4 is 38.6 Å². The molecule has 0 spiro atoms. The third-order valence-electron chi connectivity index (χ3n) is 3.49. The summed E-state index contributed by atoms with van der Waals surface area (Å²) in [6.45, 7) is 4.74. The van der Waals surface area contributed by atoms with Crippen molar-refractivity contribution in [1.82, 2.24) is 15.0 Å². The fourth-order valence-corrected chi connectivity index (χ4v) is 2.52. The Morgan fingerprint density at radius 3 is 2.82 bits per heavy atom. The molecule has 0 aliphatic carbocycles. The van der Waals surface area contributed by atoms with Crippen LogP contribution in [0.2, 0.25) is 0 Å². The monoisotopic (exact) mass is 358 g/mol. The van der Waals surface area contributed by atoms with Crippen LogP contribution in [0.5, 0.6) is 0 Å². The van der Waals surface area contributed by atoms with Crippen molar-refractivity contribution in [3.63, 3.8) is 0 Å². The van der Waals surface area contributed by atoms with Crippen LogP contribution in [-0.2, 0) is 6.54 Å². The van der Waals surface area contributed by atoms with Crippen LogP contribution in [0.25, 0.3) is 11.0 Å². The number of carbonyl (C=O) groups excluding carboxylic acids is 1. The number of hydrogen-bond acceptors (Lipinski definition) is 3. The molecule has 3 aromatic rings. The molecule has 0 unspecified atom stereocenters. The second-order valence-electron chi connectivity index (χ2n) is 5.03. The van der Waals surface area contributed by atoms with E-state index < -0.39 is 0 Å². The summed E-state index contributed by atoms with van der Waals surface area (Å²) >= 11 is 3.45. The SMILES string of the molecule is CCn1nnc2cc(C(=O)Nc3ccc(Br)c(C)c3)ccc21. The Labute approximate surface area is 136 Å². The average molecular weight is 359 g/mol. The number of aryl methyl sites for hydroxylation is 2. The average Bonchev–Trinajstić information content (AvgIpc) is 2.93. The zero-order chi connectivity index (χ0) is 15.7. The van der Waals surface area contributed by atoms with Crippen LogP contribution in [0.4, 0.5) is 5.69 Å². The van der Waals surface area contributed by atoms with E-state index in [2.05, 4.69) is 31.6 Å². The molecule has 2 aromatic carbocycles. The molecule has 1 N–H and O–H groups in total. The minimum Gasteiger partial charge on any atom is -0.322 e. The van der Waals surface area contributed by atoms with E-state index in [0.717, 1.165) is 33.3 Å². The molecule has 3 rings (SSSR count). The summed E-state index contributed by atoms with van der Waals surface area (Å²) in [6, 6.07) is 11.1. The van der Waals surface area contributed by atoms with Crippen molar-refractivity contribution < 1.29 is 4.79 Å². The highest BCUT2D eigenvalue weighted by atomic mass is 79.9. The van der Waals surface area contributed by atoms with E-state index in [9.17, 15) is 4.79 Å². The van der Waals surface area contributed by atoms with Crippen molar-refractivity contribution in [1.29, 1.82) is 0 Å². The number of anilines is 1. The minimum atomic E-state index is -0.158. The fraction of sp³-hybridized carbons (Fsp3) is 0.188. The van der Waals surface area contributed by atoms with Gasteiger partial charge in [0.2, 0.25) is 0 Å². The van der Waals surface area contributed by atoms with Gasteiger partial charge in [0, 0.05) is 22.3 Å². The molecular weight excluding hydrogens is 344 g/mol. The smallest absolute Gasteiger partial charge is 0.255 e. The molecule has 112 valence electrons. The van der Waals surface area contributed by atoms with Crippen LogP contribution in [0.15, 0.2) is 40.9 Å². The second-order valence-corrected chi connectivity index (χ2v) is 5.88. The van der Waals surface area contributed by atoms with Gasteiger partial charge >= 0.3 is 0 Å². The molecule has 22 heavy (non-hydrogen) atoms. The fourth-order valence-electron chi connectivity index (χ4n) is 2.27. The van der Waals surface area contributed by atoms with Crippen molar-refractivity contribution in [2.75, 3.05) is 5.32 Å². The lowest BCUT2D eigenvalue weighted by Gasteiger charge is -2.07. The number of nitrogens with zero attached hydrogens (tertiary/aromatic N) is 3. The summed E-state index contributed by atoms with van der Waals surface area (Å²) in [4.78, 5) is 12.4. The first-order valence-electron chi connectivity index (χ1n) is 6.99. The van der Waals surface area contributed by atoms with Crippen LogP contribution in [0.1, 0.15) is 22.8 Å². The number of nitrogens with one attached hydrogen (secondary N) is 1. The van der Waals surface area contributed by atoms with E-state index in [-0.39, 0.29) is 5.91 Å². The first kappa shape index (κ1) is 14.7. The van der Waals surface area contributed by atoms with Crippen LogP contribution < -0.4 is 5.32 Å². The molecule has 0 fully saturated rings. The van der Waals surface area contributed by atoms with Crippen molar-refractivity contribution in [2.45, 2.75) is 20.4 Å². The lowest BCUT2D eigenvalue weighted by atomic mass is 10.1. The van der Waals surface area contributed by atoms with Gasteiger partial charge in [-0.25, -0.2) is 4.68 Å². The standard InChI is InChI=1S/C16H15BrN4O/c1-3-21-15-7-4-11(9-14(15)19-20-21)16(22)18-12-5-6-13(17)10(2)8-12/h4-9H,3H2,1-2H3,(H,18,22). The largest absolute Gasteiger partial charge is 0.322 e. The Balaban J connectivity index is 1.86. The number of halogens is 1. The molecule has 0 aliphatic heterocycles. The van der Waals surface area contributed by atoms with Gasteiger partial charge in [-0.3, -0.25) is 4.79 Å². The van der Waals surface area contributed by atoms with E-state index in [0.29, 0.717) is 5.56 Å². The number of carbonyl (C=O) groups is 1. The Morgan fingerprint density at radius 2 is 2.09 bits per heavy atom. The lowest BCUT2D eigenvalue weighted by molar-refractivity contribution is 0.102. The predicted molar refractivity (Wildman–Crippen MR) is 90.0 cm³/mol. The summed E-state index contributed by atoms with van der Waals surface area (Å²) in [5.41, 5.74) is 4.05. The highest BCUT2D eigenvalue weighted by Crippen LogP contribution is 2.21. The Morgan fingerprint density at radius 1 is 1.27 bits per heavy atom. The number of amides is 1. The highest BCUT2D eigenvalue weighted by Gasteiger charge is 2.10. The van der Waals surface area contributed by atoms with Crippen LogP contribution in [0, 0.1) is 6.92 Å². The molecule has 5 nitrogen and oxygen atoms in total. The van der Waals surface area contributed by atoms with Gasteiger partial charge in [-0.15, -0.1) is 5.10 Å². The van der Waals surface area contributed by atoms with Crippen LogP contribution >= 0.6 is 15.9 Å². The third kappa shape index (κ3) is 2.74. The maximum atomic E-state index is 12.4. The summed E-state index contributed by atoms with van der Waals surface area (Å²) in [7, 11) is 0. The van der Waals surface area contributed by atoms with Crippen LogP contribution in [0.3, 0.4) is 0 Å². The first-order chi connectivity index (χ1) is 10.6. The number of benzene rings is 2. The summed E-state index contributed by atoms with van der Waals surface area (Å²) in [6.07, 6.45) is 0. The molecule has 0 saturated heterocycles. The number of aromatic nitrogens is 3. The summed E-state index contributed by atoms with van der Waals surface area (Å²) < 4.78 is 2.82. The van der Waals surface area contributed by atoms with Crippen molar-refractivity contribution in [3.8, 4) is 0 Å². The maximum absolute atomic E-state index is 12.4. The Bertz CT molecular complexity index is 856. The Hall–Kier alpha value is -2.21. The van der Waals surface area contributed by atoms with E-state index >= 15 is 0 Å². The summed E-state index contributed by atoms with van der Waals surface area (Å²) in [5, 5.41) is 11.0. The quantitative estimate of drug-likeness (QED) is 0.774. The highest BCUT2D eigenvalue weighted by molar-refractivity contribution is 9.10. The topological polar surface area (TPSA) is 59.8 Å². The molecule has 0 radical (unpaired) electrons. The molecule has 0 atom stereocenters. The number of hydrogen-bond donors (Lipinski definition) is 1. The van der Waals surface area contributed by atoms with E-state index in [1.807, 2.05) is 38.1 Å². The molecular formula is C16H15BrN4O. The van der Waals surface area contributed by atoms with Gasteiger partial charge in [0.1, 0.15) is 5.52 Å². The number of rotatable bonds is 3. The van der Waals surface area contributed by atoms with Gasteiger partial charge in [0.25, 0.3) is 5.91 Å². The van der Waals surface area contributed by atoms with E-state index in [1.165, 1.54) is 0 Å². The van der Waals surface area contributed by atoms with Crippen LogP contribution in [-0.4, -0.2) is 20.9 Å². The van der Waals surface area contributed by atoms with Crippen molar-refractivity contribution in [2.24, 2.45) is 0 Å². The molecule has 0 bridgehead atoms. The molecule has 6 heteroatoms. The zero-order valence-corrected chi connectivity index (χ0v) is 13.9. The molecule has 0 aliphatic rings. The van der Waals surface area contributed by atoms with Crippen molar-refractivity contribution in [3.05, 3.63) is 52.0 Å². The minimum absolute atomic E-state index is 0.158. The molecule has 1 heterocycles. The predicted octanol–water partition coefficient (Wildman–Crippen LogP) is 3.77. The first-order valence-corrected chi connectivity index (χ1v) is 7.78. The zero-order valence-electron chi connectivity index (χ0n) is 12.3. The second kappa shape index (κ2) is 5.88. The number of fused-ring (bicyclic) bond motifs is 1. The normalized spacial score (nSPS) is 10.9. The maximum Gasteiger partial charge on any atom is 0.255 e. The van der Waals surface area contributed by atoms with Gasteiger partial charge < -0.3 is 5.32 Å². The van der Waals surface area contributed by atoms with Gasteiger partial charge in [-0.05, 0) is 55.8 Å². The van der Waals surface area contributed by atoms with Gasteiger partial charge in [-0.1, -0.05) is 21.1 Å². The van der Waals surface area contributed by atoms with E-state index in [4.69, 9.17) is 0 Å². The van der Waals surface area contributed by atoms with Gasteiger partial charge in [0.05, 0.1) is 5.52 Å². The van der Waals surface area contributed by atoms with Gasteiger partial charge in [-0.2, -0.15) is 0 Å². The third-order valence-corrected chi connectivity index (χ3v) is 4.38. The molecule has 1 amide bonds. The van der Waals surface area contributed by atoms with E-state index in [1.54, 1.807) is 16.8 Å². The molecule has 1 aromatic heterocycles. The lowest BCUT2D eigenvalue weighted by Crippen LogP contribution is -2.12.